The standard InChI is InChI=1S/C14H26N2O3/c1-2-15-13-10-19-9-12(13)14(18)16-7-3-5-11(16)6-4-8-17/h11-13,15,17H,2-10H2,1H3. The summed E-state index contributed by atoms with van der Waals surface area (Å²) in [4.78, 5) is 14.7. The monoisotopic (exact) mass is 270 g/mol. The van der Waals surface area contributed by atoms with E-state index in [2.05, 4.69) is 12.2 Å². The van der Waals surface area contributed by atoms with Crippen LogP contribution in [0, 0.1) is 5.92 Å². The lowest BCUT2D eigenvalue weighted by molar-refractivity contribution is -0.137. The number of rotatable bonds is 6. The van der Waals surface area contributed by atoms with Gasteiger partial charge in [0.25, 0.3) is 0 Å². The first-order valence-corrected chi connectivity index (χ1v) is 7.50. The van der Waals surface area contributed by atoms with Gasteiger partial charge in [-0.25, -0.2) is 0 Å². The molecule has 0 spiro atoms. The van der Waals surface area contributed by atoms with Crippen LogP contribution in [0.3, 0.4) is 0 Å². The fraction of sp³-hybridized carbons (Fsp3) is 0.929. The Morgan fingerprint density at radius 3 is 3.05 bits per heavy atom. The minimum absolute atomic E-state index is 0.0327. The Morgan fingerprint density at radius 1 is 1.47 bits per heavy atom. The van der Waals surface area contributed by atoms with Crippen molar-refractivity contribution < 1.29 is 14.6 Å². The minimum Gasteiger partial charge on any atom is -0.396 e. The van der Waals surface area contributed by atoms with E-state index in [-0.39, 0.29) is 24.5 Å². The van der Waals surface area contributed by atoms with Gasteiger partial charge in [0.05, 0.1) is 19.1 Å². The first-order valence-electron chi connectivity index (χ1n) is 7.50. The molecule has 2 heterocycles. The van der Waals surface area contributed by atoms with Crippen molar-refractivity contribution in [3.63, 3.8) is 0 Å². The predicted molar refractivity (Wildman–Crippen MR) is 72.8 cm³/mol. The topological polar surface area (TPSA) is 61.8 Å². The third-order valence-corrected chi connectivity index (χ3v) is 4.22. The first-order chi connectivity index (χ1) is 9.27. The molecule has 2 aliphatic heterocycles. The Labute approximate surface area is 115 Å². The molecule has 110 valence electrons. The van der Waals surface area contributed by atoms with E-state index in [9.17, 15) is 4.79 Å². The fourth-order valence-corrected chi connectivity index (χ4v) is 3.23. The molecule has 1 amide bonds. The smallest absolute Gasteiger partial charge is 0.229 e. The summed E-state index contributed by atoms with van der Waals surface area (Å²) in [5.74, 6) is 0.207. The van der Waals surface area contributed by atoms with Crippen LogP contribution in [0.15, 0.2) is 0 Å². The molecular formula is C14H26N2O3. The van der Waals surface area contributed by atoms with Gasteiger partial charge in [0.15, 0.2) is 0 Å². The van der Waals surface area contributed by atoms with Gasteiger partial charge in [0, 0.05) is 25.2 Å². The summed E-state index contributed by atoms with van der Waals surface area (Å²) in [5, 5.41) is 12.3. The lowest BCUT2D eigenvalue weighted by Crippen LogP contribution is -2.47. The highest BCUT2D eigenvalue weighted by Gasteiger charge is 2.39. The van der Waals surface area contributed by atoms with Crippen LogP contribution in [0.5, 0.6) is 0 Å². The number of likely N-dealkylation sites (tertiary alicyclic amines) is 1. The van der Waals surface area contributed by atoms with Crippen LogP contribution in [0.4, 0.5) is 0 Å². The van der Waals surface area contributed by atoms with Gasteiger partial charge in [0.1, 0.15) is 0 Å². The van der Waals surface area contributed by atoms with Gasteiger partial charge in [0.2, 0.25) is 5.91 Å². The van der Waals surface area contributed by atoms with Gasteiger partial charge in [-0.2, -0.15) is 0 Å². The number of carbonyl (C=O) groups is 1. The van der Waals surface area contributed by atoms with Crippen molar-refractivity contribution in [2.24, 2.45) is 5.92 Å². The Morgan fingerprint density at radius 2 is 2.32 bits per heavy atom. The first kappa shape index (κ1) is 14.8. The lowest BCUT2D eigenvalue weighted by Gasteiger charge is -2.29. The third kappa shape index (κ3) is 3.46. The zero-order valence-electron chi connectivity index (χ0n) is 11.8. The van der Waals surface area contributed by atoms with Crippen molar-refractivity contribution in [2.75, 3.05) is 32.9 Å². The molecule has 2 rings (SSSR count). The highest BCUT2D eigenvalue weighted by atomic mass is 16.5. The molecule has 3 atom stereocenters. The zero-order chi connectivity index (χ0) is 13.7. The summed E-state index contributed by atoms with van der Waals surface area (Å²) >= 11 is 0. The Hall–Kier alpha value is -0.650. The van der Waals surface area contributed by atoms with Crippen molar-refractivity contribution in [1.82, 2.24) is 10.2 Å². The maximum atomic E-state index is 12.6. The molecule has 2 aliphatic rings. The van der Waals surface area contributed by atoms with Crippen molar-refractivity contribution >= 4 is 5.91 Å². The molecule has 0 aliphatic carbocycles. The highest BCUT2D eigenvalue weighted by Crippen LogP contribution is 2.26. The van der Waals surface area contributed by atoms with Crippen LogP contribution in [0.2, 0.25) is 0 Å². The molecule has 0 aromatic heterocycles. The average Bonchev–Trinajstić information content (AvgIpc) is 3.04. The maximum Gasteiger partial charge on any atom is 0.229 e. The van der Waals surface area contributed by atoms with Crippen LogP contribution in [0.1, 0.15) is 32.6 Å². The number of ether oxygens (including phenoxy) is 1. The van der Waals surface area contributed by atoms with Gasteiger partial charge in [-0.3, -0.25) is 4.79 Å². The number of hydrogen-bond acceptors (Lipinski definition) is 4. The van der Waals surface area contributed by atoms with E-state index >= 15 is 0 Å². The zero-order valence-corrected chi connectivity index (χ0v) is 11.8. The van der Waals surface area contributed by atoms with Crippen LogP contribution >= 0.6 is 0 Å². The van der Waals surface area contributed by atoms with Crippen LogP contribution < -0.4 is 5.32 Å². The summed E-state index contributed by atoms with van der Waals surface area (Å²) < 4.78 is 5.47. The largest absolute Gasteiger partial charge is 0.396 e. The summed E-state index contributed by atoms with van der Waals surface area (Å²) in [5.41, 5.74) is 0. The Balaban J connectivity index is 1.93. The maximum absolute atomic E-state index is 12.6. The number of hydrogen-bond donors (Lipinski definition) is 2. The molecule has 2 N–H and O–H groups in total. The molecule has 19 heavy (non-hydrogen) atoms. The van der Waals surface area contributed by atoms with E-state index in [0.717, 1.165) is 38.8 Å². The van der Waals surface area contributed by atoms with E-state index < -0.39 is 0 Å². The second-order valence-electron chi connectivity index (χ2n) is 5.50. The van der Waals surface area contributed by atoms with Gasteiger partial charge >= 0.3 is 0 Å². The molecule has 0 saturated carbocycles. The SMILES string of the molecule is CCNC1COCC1C(=O)N1CCCC1CCCO. The molecular weight excluding hydrogens is 244 g/mol. The molecule has 5 heteroatoms. The van der Waals surface area contributed by atoms with E-state index in [1.807, 2.05) is 4.90 Å². The molecule has 0 aromatic rings. The second kappa shape index (κ2) is 7.22. The van der Waals surface area contributed by atoms with Crippen LogP contribution in [-0.2, 0) is 9.53 Å². The number of likely N-dealkylation sites (N-methyl/N-ethyl adjacent to an activating group) is 1. The summed E-state index contributed by atoms with van der Waals surface area (Å²) in [7, 11) is 0. The average molecular weight is 270 g/mol. The van der Waals surface area contributed by atoms with Crippen LogP contribution in [0.25, 0.3) is 0 Å². The molecule has 0 radical (unpaired) electrons. The Kier molecular flexibility index (Phi) is 5.60. The van der Waals surface area contributed by atoms with Gasteiger partial charge < -0.3 is 20.1 Å². The van der Waals surface area contributed by atoms with Crippen molar-refractivity contribution in [3.8, 4) is 0 Å². The lowest BCUT2D eigenvalue weighted by atomic mass is 10.0. The fourth-order valence-electron chi connectivity index (χ4n) is 3.23. The summed E-state index contributed by atoms with van der Waals surface area (Å²) in [6.45, 7) is 5.18. The van der Waals surface area contributed by atoms with Crippen molar-refractivity contribution in [2.45, 2.75) is 44.7 Å². The van der Waals surface area contributed by atoms with E-state index in [0.29, 0.717) is 19.3 Å². The molecule has 2 fully saturated rings. The molecule has 2 saturated heterocycles. The van der Waals surface area contributed by atoms with Gasteiger partial charge in [-0.15, -0.1) is 0 Å². The quantitative estimate of drug-likeness (QED) is 0.732. The number of amides is 1. The number of nitrogens with zero attached hydrogens (tertiary/aromatic N) is 1. The third-order valence-electron chi connectivity index (χ3n) is 4.22. The van der Waals surface area contributed by atoms with Crippen molar-refractivity contribution in [3.05, 3.63) is 0 Å². The number of aliphatic hydroxyl groups excluding tert-OH is 1. The van der Waals surface area contributed by atoms with Gasteiger partial charge in [-0.05, 0) is 32.2 Å². The van der Waals surface area contributed by atoms with Crippen LogP contribution in [-0.4, -0.2) is 60.9 Å². The second-order valence-corrected chi connectivity index (χ2v) is 5.50. The molecule has 5 nitrogen and oxygen atoms in total. The summed E-state index contributed by atoms with van der Waals surface area (Å²) in [6.07, 6.45) is 3.86. The molecule has 0 aromatic carbocycles. The number of nitrogens with one attached hydrogen (secondary N) is 1. The molecule has 3 unspecified atom stereocenters. The highest BCUT2D eigenvalue weighted by molar-refractivity contribution is 5.80. The van der Waals surface area contributed by atoms with E-state index in [1.165, 1.54) is 0 Å². The Bertz CT molecular complexity index is 298. The normalized spacial score (nSPS) is 31.1. The number of carbonyl (C=O) groups excluding carboxylic acids is 1. The predicted octanol–water partition coefficient (Wildman–Crippen LogP) is 0.374. The minimum atomic E-state index is -0.0327. The number of aliphatic hydroxyl groups is 1. The van der Waals surface area contributed by atoms with Crippen molar-refractivity contribution in [1.29, 1.82) is 0 Å². The van der Waals surface area contributed by atoms with E-state index in [4.69, 9.17) is 9.84 Å². The van der Waals surface area contributed by atoms with Gasteiger partial charge in [-0.1, -0.05) is 6.92 Å². The molecule has 0 bridgehead atoms. The van der Waals surface area contributed by atoms with E-state index in [1.54, 1.807) is 0 Å². The summed E-state index contributed by atoms with van der Waals surface area (Å²) in [6, 6.07) is 0.485.